The summed E-state index contributed by atoms with van der Waals surface area (Å²) in [4.78, 5) is 4.51. The molecular weight excluding hydrogens is 262 g/mol. The van der Waals surface area contributed by atoms with Gasteiger partial charge in [-0.2, -0.15) is 5.10 Å². The van der Waals surface area contributed by atoms with Gasteiger partial charge in [-0.3, -0.25) is 0 Å². The Bertz CT molecular complexity index is 692. The number of hydrogen-bond donors (Lipinski definition) is 0. The van der Waals surface area contributed by atoms with E-state index in [1.54, 1.807) is 4.52 Å². The number of hydrogen-bond acceptors (Lipinski definition) is 4. The van der Waals surface area contributed by atoms with Crippen LogP contribution in [0.3, 0.4) is 0 Å². The summed E-state index contributed by atoms with van der Waals surface area (Å²) in [5.41, 5.74) is 2.02. The molecule has 0 saturated carbocycles. The first-order valence-corrected chi connectivity index (χ1v) is 8.36. The zero-order valence-electron chi connectivity index (χ0n) is 10.9. The average Bonchev–Trinajstić information content (AvgIpc) is 2.73. The van der Waals surface area contributed by atoms with Crippen molar-refractivity contribution in [1.82, 2.24) is 14.6 Å². The van der Waals surface area contributed by atoms with Gasteiger partial charge in [0.15, 0.2) is 11.5 Å². The Morgan fingerprint density at radius 3 is 2.84 bits per heavy atom. The van der Waals surface area contributed by atoms with Crippen LogP contribution in [-0.4, -0.2) is 34.5 Å². The highest BCUT2D eigenvalue weighted by atomic mass is 32.2. The molecule has 0 aromatic carbocycles. The standard InChI is InChI=1S/C13H17N3O2S/c1-10-2-5-16-13(8-10)14-12(15-16)9-11-3-6-19(17,18)7-4-11/h2,5,8,11H,3-4,6-7,9H2,1H3. The normalized spacial score (nSPS) is 19.8. The number of fused-ring (bicyclic) bond motifs is 1. The van der Waals surface area contributed by atoms with Gasteiger partial charge in [0.05, 0.1) is 11.5 Å². The molecule has 1 aliphatic heterocycles. The van der Waals surface area contributed by atoms with E-state index < -0.39 is 9.84 Å². The van der Waals surface area contributed by atoms with E-state index in [2.05, 4.69) is 10.1 Å². The first kappa shape index (κ1) is 12.6. The molecule has 1 fully saturated rings. The first-order chi connectivity index (χ1) is 9.02. The van der Waals surface area contributed by atoms with Gasteiger partial charge < -0.3 is 0 Å². The van der Waals surface area contributed by atoms with Crippen molar-refractivity contribution in [3.63, 3.8) is 0 Å². The molecule has 0 aliphatic carbocycles. The van der Waals surface area contributed by atoms with Gasteiger partial charge in [-0.05, 0) is 43.4 Å². The van der Waals surface area contributed by atoms with Crippen LogP contribution in [0.5, 0.6) is 0 Å². The fraction of sp³-hybridized carbons (Fsp3) is 0.538. The molecule has 5 nitrogen and oxygen atoms in total. The number of sulfone groups is 1. The van der Waals surface area contributed by atoms with Crippen LogP contribution in [0, 0.1) is 12.8 Å². The lowest BCUT2D eigenvalue weighted by molar-refractivity contribution is 0.454. The van der Waals surface area contributed by atoms with Crippen molar-refractivity contribution in [2.45, 2.75) is 26.2 Å². The predicted molar refractivity (Wildman–Crippen MR) is 72.8 cm³/mol. The number of rotatable bonds is 2. The van der Waals surface area contributed by atoms with E-state index in [1.807, 2.05) is 25.3 Å². The molecule has 1 saturated heterocycles. The molecule has 0 spiro atoms. The van der Waals surface area contributed by atoms with Crippen molar-refractivity contribution in [1.29, 1.82) is 0 Å². The van der Waals surface area contributed by atoms with E-state index in [0.29, 0.717) is 17.4 Å². The molecule has 6 heteroatoms. The van der Waals surface area contributed by atoms with Crippen LogP contribution in [0.2, 0.25) is 0 Å². The Morgan fingerprint density at radius 2 is 2.11 bits per heavy atom. The molecule has 19 heavy (non-hydrogen) atoms. The minimum absolute atomic E-state index is 0.310. The van der Waals surface area contributed by atoms with Gasteiger partial charge in [0.25, 0.3) is 0 Å². The second kappa shape index (κ2) is 4.59. The third kappa shape index (κ3) is 2.78. The zero-order valence-corrected chi connectivity index (χ0v) is 11.7. The van der Waals surface area contributed by atoms with E-state index in [-0.39, 0.29) is 0 Å². The molecule has 2 aromatic heterocycles. The molecule has 0 atom stereocenters. The van der Waals surface area contributed by atoms with Crippen molar-refractivity contribution in [2.24, 2.45) is 5.92 Å². The van der Waals surface area contributed by atoms with Crippen molar-refractivity contribution in [2.75, 3.05) is 11.5 Å². The van der Waals surface area contributed by atoms with E-state index >= 15 is 0 Å². The lowest BCUT2D eigenvalue weighted by Crippen LogP contribution is -2.24. The van der Waals surface area contributed by atoms with Gasteiger partial charge >= 0.3 is 0 Å². The van der Waals surface area contributed by atoms with Crippen LogP contribution >= 0.6 is 0 Å². The van der Waals surface area contributed by atoms with Crippen LogP contribution in [0.1, 0.15) is 24.2 Å². The highest BCUT2D eigenvalue weighted by Crippen LogP contribution is 2.22. The Hall–Kier alpha value is -1.43. The smallest absolute Gasteiger partial charge is 0.155 e. The zero-order chi connectivity index (χ0) is 13.5. The molecule has 2 aromatic rings. The molecule has 0 unspecified atom stereocenters. The summed E-state index contributed by atoms with van der Waals surface area (Å²) < 4.78 is 24.6. The lowest BCUT2D eigenvalue weighted by Gasteiger charge is -2.20. The molecule has 102 valence electrons. The SMILES string of the molecule is Cc1ccn2nc(CC3CCS(=O)(=O)CC3)nc2c1. The van der Waals surface area contributed by atoms with Crippen LogP contribution in [0.15, 0.2) is 18.3 Å². The predicted octanol–water partition coefficient (Wildman–Crippen LogP) is 1.41. The fourth-order valence-corrected chi connectivity index (χ4v) is 4.11. The number of aromatic nitrogens is 3. The summed E-state index contributed by atoms with van der Waals surface area (Å²) in [6.45, 7) is 2.03. The van der Waals surface area contributed by atoms with Crippen molar-refractivity contribution < 1.29 is 8.42 Å². The van der Waals surface area contributed by atoms with Gasteiger partial charge in [0, 0.05) is 12.6 Å². The van der Waals surface area contributed by atoms with Crippen LogP contribution in [0.25, 0.3) is 5.65 Å². The second-order valence-electron chi connectivity index (χ2n) is 5.33. The topological polar surface area (TPSA) is 64.3 Å². The molecule has 0 bridgehead atoms. The third-order valence-corrected chi connectivity index (χ3v) is 5.40. The molecule has 0 N–H and O–H groups in total. The molecule has 1 aliphatic rings. The number of pyridine rings is 1. The van der Waals surface area contributed by atoms with E-state index in [1.165, 1.54) is 0 Å². The Labute approximate surface area is 112 Å². The molecule has 3 heterocycles. The van der Waals surface area contributed by atoms with Crippen molar-refractivity contribution >= 4 is 15.5 Å². The molecular formula is C13H17N3O2S. The number of nitrogens with zero attached hydrogens (tertiary/aromatic N) is 3. The molecule has 0 radical (unpaired) electrons. The van der Waals surface area contributed by atoms with Gasteiger partial charge in [-0.15, -0.1) is 0 Å². The maximum atomic E-state index is 11.4. The largest absolute Gasteiger partial charge is 0.229 e. The third-order valence-electron chi connectivity index (χ3n) is 3.68. The minimum atomic E-state index is -2.78. The van der Waals surface area contributed by atoms with Crippen molar-refractivity contribution in [3.8, 4) is 0 Å². The van der Waals surface area contributed by atoms with Gasteiger partial charge in [0.1, 0.15) is 9.84 Å². The summed E-state index contributed by atoms with van der Waals surface area (Å²) in [6, 6.07) is 4.00. The summed E-state index contributed by atoms with van der Waals surface area (Å²) >= 11 is 0. The maximum Gasteiger partial charge on any atom is 0.155 e. The summed E-state index contributed by atoms with van der Waals surface area (Å²) in [6.07, 6.45) is 4.15. The molecule has 3 rings (SSSR count). The van der Waals surface area contributed by atoms with Crippen molar-refractivity contribution in [3.05, 3.63) is 29.7 Å². The minimum Gasteiger partial charge on any atom is -0.229 e. The van der Waals surface area contributed by atoms with E-state index in [4.69, 9.17) is 0 Å². The molecule has 0 amide bonds. The van der Waals surface area contributed by atoms with Crippen LogP contribution in [-0.2, 0) is 16.3 Å². The summed E-state index contributed by atoms with van der Waals surface area (Å²) in [5, 5.41) is 4.44. The highest BCUT2D eigenvalue weighted by Gasteiger charge is 2.24. The lowest BCUT2D eigenvalue weighted by atomic mass is 9.99. The monoisotopic (exact) mass is 279 g/mol. The Kier molecular flexibility index (Phi) is 3.05. The van der Waals surface area contributed by atoms with Gasteiger partial charge in [-0.25, -0.2) is 17.9 Å². The Morgan fingerprint density at radius 1 is 1.37 bits per heavy atom. The van der Waals surface area contributed by atoms with Crippen LogP contribution < -0.4 is 0 Å². The summed E-state index contributed by atoms with van der Waals surface area (Å²) in [7, 11) is -2.78. The highest BCUT2D eigenvalue weighted by molar-refractivity contribution is 7.91. The average molecular weight is 279 g/mol. The number of aryl methyl sites for hydroxylation is 1. The van der Waals surface area contributed by atoms with E-state index in [0.717, 1.165) is 36.3 Å². The quantitative estimate of drug-likeness (QED) is 0.833. The van der Waals surface area contributed by atoms with Gasteiger partial charge in [0.2, 0.25) is 0 Å². The van der Waals surface area contributed by atoms with Crippen LogP contribution in [0.4, 0.5) is 0 Å². The first-order valence-electron chi connectivity index (χ1n) is 6.54. The summed E-state index contributed by atoms with van der Waals surface area (Å²) in [5.74, 6) is 1.82. The second-order valence-corrected chi connectivity index (χ2v) is 7.64. The van der Waals surface area contributed by atoms with Gasteiger partial charge in [-0.1, -0.05) is 0 Å². The Balaban J connectivity index is 1.75. The fourth-order valence-electron chi connectivity index (χ4n) is 2.52. The maximum absolute atomic E-state index is 11.4. The van der Waals surface area contributed by atoms with E-state index in [9.17, 15) is 8.42 Å².